The van der Waals surface area contributed by atoms with Gasteiger partial charge in [-0.15, -0.1) is 0 Å². The van der Waals surface area contributed by atoms with E-state index in [1.165, 1.54) is 24.3 Å². The van der Waals surface area contributed by atoms with Crippen LogP contribution in [0.25, 0.3) is 23.0 Å². The number of rotatable bonds is 12. The van der Waals surface area contributed by atoms with Gasteiger partial charge in [0.15, 0.2) is 0 Å². The SMILES string of the molecule is CCOC.CCOCCCN(C)C(=O)c1ccc(O/C(CC(C)(C)C)=c2\c(-c3ccc(C(F)(F)F)cc3)c(C#N)c(C#N)c\c2=C\CF)cc1. The largest absolute Gasteiger partial charge is 0.461 e. The van der Waals surface area contributed by atoms with Crippen molar-refractivity contribution in [1.82, 2.24) is 4.90 Å². The van der Waals surface area contributed by atoms with Gasteiger partial charge in [0.25, 0.3) is 5.91 Å². The minimum absolute atomic E-state index is 0.0517. The molecular formula is C39H45F4N3O4. The third-order valence-electron chi connectivity index (χ3n) is 7.32. The molecule has 0 atom stereocenters. The van der Waals surface area contributed by atoms with Crippen molar-refractivity contribution < 1.29 is 36.6 Å². The van der Waals surface area contributed by atoms with Crippen LogP contribution in [0.5, 0.6) is 5.75 Å². The molecule has 0 N–H and O–H groups in total. The maximum atomic E-state index is 13.9. The molecule has 3 rings (SSSR count). The summed E-state index contributed by atoms with van der Waals surface area (Å²) in [6.45, 7) is 11.3. The zero-order valence-electron chi connectivity index (χ0n) is 29.7. The van der Waals surface area contributed by atoms with Crippen LogP contribution in [0.15, 0.2) is 54.6 Å². The van der Waals surface area contributed by atoms with Crippen molar-refractivity contribution >= 4 is 17.7 Å². The molecular weight excluding hydrogens is 650 g/mol. The number of nitrogens with zero attached hydrogens (tertiary/aromatic N) is 3. The van der Waals surface area contributed by atoms with Crippen molar-refractivity contribution in [3.63, 3.8) is 0 Å². The summed E-state index contributed by atoms with van der Waals surface area (Å²) in [5, 5.41) is 20.6. The number of ether oxygens (including phenoxy) is 3. The van der Waals surface area contributed by atoms with Crippen LogP contribution in [0.2, 0.25) is 0 Å². The first-order valence-electron chi connectivity index (χ1n) is 16.2. The van der Waals surface area contributed by atoms with E-state index in [-0.39, 0.29) is 45.0 Å². The molecule has 50 heavy (non-hydrogen) atoms. The molecule has 7 nitrogen and oxygen atoms in total. The maximum absolute atomic E-state index is 13.9. The summed E-state index contributed by atoms with van der Waals surface area (Å²) in [5.41, 5.74) is -0.580. The van der Waals surface area contributed by atoms with E-state index in [4.69, 9.17) is 9.47 Å². The van der Waals surface area contributed by atoms with Crippen molar-refractivity contribution in [3.05, 3.63) is 87.3 Å². The molecule has 0 unspecified atom stereocenters. The Balaban J connectivity index is 0.00000205. The number of benzene rings is 3. The Kier molecular flexibility index (Phi) is 16.1. The van der Waals surface area contributed by atoms with Gasteiger partial charge in [-0.25, -0.2) is 4.39 Å². The normalized spacial score (nSPS) is 12.3. The van der Waals surface area contributed by atoms with Gasteiger partial charge in [-0.1, -0.05) is 32.9 Å². The molecule has 3 aromatic rings. The van der Waals surface area contributed by atoms with Gasteiger partial charge in [-0.3, -0.25) is 4.79 Å². The zero-order chi connectivity index (χ0) is 37.5. The van der Waals surface area contributed by atoms with E-state index in [0.717, 1.165) is 18.7 Å². The Morgan fingerprint density at radius 1 is 0.960 bits per heavy atom. The minimum atomic E-state index is -4.58. The second-order valence-corrected chi connectivity index (χ2v) is 12.4. The van der Waals surface area contributed by atoms with Crippen LogP contribution in [0.4, 0.5) is 17.6 Å². The number of alkyl halides is 4. The molecule has 0 aromatic heterocycles. The molecule has 0 aliphatic carbocycles. The smallest absolute Gasteiger partial charge is 0.416 e. The zero-order valence-corrected chi connectivity index (χ0v) is 29.7. The number of hydrogen-bond donors (Lipinski definition) is 0. The van der Waals surface area contributed by atoms with Gasteiger partial charge in [0.2, 0.25) is 0 Å². The van der Waals surface area contributed by atoms with Gasteiger partial charge in [0, 0.05) is 63.3 Å². The van der Waals surface area contributed by atoms with Crippen molar-refractivity contribution in [2.24, 2.45) is 5.41 Å². The van der Waals surface area contributed by atoms with Crippen molar-refractivity contribution in [3.8, 4) is 29.0 Å². The summed E-state index contributed by atoms with van der Waals surface area (Å²) >= 11 is 0. The molecule has 0 spiro atoms. The lowest BCUT2D eigenvalue weighted by Gasteiger charge is -2.23. The minimum Gasteiger partial charge on any atom is -0.461 e. The number of nitriles is 2. The van der Waals surface area contributed by atoms with Crippen LogP contribution >= 0.6 is 0 Å². The number of halogens is 4. The molecule has 11 heteroatoms. The fourth-order valence-electron chi connectivity index (χ4n) is 4.90. The van der Waals surface area contributed by atoms with E-state index >= 15 is 0 Å². The molecule has 0 saturated carbocycles. The molecule has 0 aliphatic heterocycles. The van der Waals surface area contributed by atoms with E-state index in [2.05, 4.69) is 4.74 Å². The first kappa shape index (κ1) is 41.5. The topological polar surface area (TPSA) is 95.6 Å². The van der Waals surface area contributed by atoms with Crippen LogP contribution in [0, 0.1) is 28.1 Å². The van der Waals surface area contributed by atoms with E-state index in [0.29, 0.717) is 43.3 Å². The molecule has 0 saturated heterocycles. The monoisotopic (exact) mass is 695 g/mol. The quantitative estimate of drug-likeness (QED) is 0.143. The Bertz CT molecular complexity index is 1770. The summed E-state index contributed by atoms with van der Waals surface area (Å²) < 4.78 is 70.4. The predicted molar refractivity (Wildman–Crippen MR) is 186 cm³/mol. The lowest BCUT2D eigenvalue weighted by Crippen LogP contribution is -2.34. The van der Waals surface area contributed by atoms with Crippen LogP contribution < -0.4 is 15.2 Å². The first-order valence-corrected chi connectivity index (χ1v) is 16.2. The third-order valence-corrected chi connectivity index (χ3v) is 7.32. The fourth-order valence-corrected chi connectivity index (χ4v) is 4.90. The molecule has 0 aliphatic rings. The highest BCUT2D eigenvalue weighted by molar-refractivity contribution is 5.94. The van der Waals surface area contributed by atoms with Crippen LogP contribution in [-0.4, -0.2) is 58.0 Å². The van der Waals surface area contributed by atoms with E-state index in [1.54, 1.807) is 43.3 Å². The lowest BCUT2D eigenvalue weighted by atomic mass is 9.87. The van der Waals surface area contributed by atoms with Gasteiger partial charge < -0.3 is 19.1 Å². The predicted octanol–water partition coefficient (Wildman–Crippen LogP) is 7.64. The van der Waals surface area contributed by atoms with Gasteiger partial charge in [0.05, 0.1) is 16.7 Å². The molecule has 3 aromatic carbocycles. The Hall–Kier alpha value is -4.71. The second kappa shape index (κ2) is 19.5. The molecule has 268 valence electrons. The number of carbonyl (C=O) groups excluding carboxylic acids is 1. The number of methoxy groups -OCH3 is 1. The number of hydrogen-bond acceptors (Lipinski definition) is 6. The van der Waals surface area contributed by atoms with Crippen molar-refractivity contribution in [2.45, 2.75) is 53.6 Å². The van der Waals surface area contributed by atoms with Gasteiger partial charge in [0.1, 0.15) is 30.3 Å². The number of amides is 1. The lowest BCUT2D eigenvalue weighted by molar-refractivity contribution is -0.137. The average Bonchev–Trinajstić information content (AvgIpc) is 3.08. The van der Waals surface area contributed by atoms with Gasteiger partial charge >= 0.3 is 6.18 Å². The summed E-state index contributed by atoms with van der Waals surface area (Å²) in [5.74, 6) is 0.481. The summed E-state index contributed by atoms with van der Waals surface area (Å²) in [4.78, 5) is 14.6. The maximum Gasteiger partial charge on any atom is 0.416 e. The highest BCUT2D eigenvalue weighted by Gasteiger charge is 2.30. The van der Waals surface area contributed by atoms with Crippen molar-refractivity contribution in [1.29, 1.82) is 10.5 Å². The fraction of sp³-hybridized carbons (Fsp3) is 0.410. The second-order valence-electron chi connectivity index (χ2n) is 12.4. The van der Waals surface area contributed by atoms with E-state index < -0.39 is 23.8 Å². The highest BCUT2D eigenvalue weighted by Crippen LogP contribution is 2.33. The van der Waals surface area contributed by atoms with Crippen molar-refractivity contribution in [2.75, 3.05) is 47.2 Å². The van der Waals surface area contributed by atoms with Gasteiger partial charge in [-0.05, 0) is 85.0 Å². The average molecular weight is 696 g/mol. The molecule has 0 fully saturated rings. The Labute approximate surface area is 292 Å². The van der Waals surface area contributed by atoms with Crippen LogP contribution in [-0.2, 0) is 15.7 Å². The summed E-state index contributed by atoms with van der Waals surface area (Å²) in [7, 11) is 3.39. The molecule has 0 radical (unpaired) electrons. The first-order chi connectivity index (χ1) is 23.6. The number of carbonyl (C=O) groups is 1. The highest BCUT2D eigenvalue weighted by atomic mass is 19.4. The van der Waals surface area contributed by atoms with E-state index in [1.807, 2.05) is 46.8 Å². The summed E-state index contributed by atoms with van der Waals surface area (Å²) in [6, 6.07) is 16.1. The summed E-state index contributed by atoms with van der Waals surface area (Å²) in [6.07, 6.45) is -2.38. The van der Waals surface area contributed by atoms with E-state index in [9.17, 15) is 32.9 Å². The van der Waals surface area contributed by atoms with Gasteiger partial charge in [-0.2, -0.15) is 23.7 Å². The third kappa shape index (κ3) is 12.0. The standard InChI is InChI=1S/C36H37F4N3O3.C3H8O/c1-6-45-19-7-18-43(5)34(44)25-10-14-29(15-11-25)46-31(21-35(2,3)4)33-26(16-17-37)20-27(22-41)30(23-42)32(33)24-8-12-28(13-9-24)36(38,39)40;1-3-4-2/h8-16,20H,6-7,17-19,21H2,1-5H3;3H2,1-2H3/b26-16-,33-31-;. The molecule has 0 bridgehead atoms. The Morgan fingerprint density at radius 3 is 2.06 bits per heavy atom. The Morgan fingerprint density at radius 2 is 1.58 bits per heavy atom. The molecule has 0 heterocycles. The molecule has 1 amide bonds. The van der Waals surface area contributed by atoms with Crippen LogP contribution in [0.1, 0.15) is 74.5 Å². The van der Waals surface area contributed by atoms with Crippen LogP contribution in [0.3, 0.4) is 0 Å².